The molecule has 0 radical (unpaired) electrons. The Bertz CT molecular complexity index is 1170. The molecule has 3 aromatic rings. The van der Waals surface area contributed by atoms with Gasteiger partial charge in [0, 0.05) is 56.8 Å². The quantitative estimate of drug-likeness (QED) is 0.586. The lowest BCUT2D eigenvalue weighted by Gasteiger charge is -2.46. The van der Waals surface area contributed by atoms with Crippen molar-refractivity contribution in [1.29, 1.82) is 0 Å². The van der Waals surface area contributed by atoms with Gasteiger partial charge in [-0.25, -0.2) is 0 Å². The van der Waals surface area contributed by atoms with E-state index in [1.165, 1.54) is 5.56 Å². The second kappa shape index (κ2) is 9.50. The van der Waals surface area contributed by atoms with Gasteiger partial charge in [0.2, 0.25) is 5.91 Å². The van der Waals surface area contributed by atoms with Crippen molar-refractivity contribution in [1.82, 2.24) is 14.4 Å². The zero-order valence-corrected chi connectivity index (χ0v) is 20.6. The average molecular weight is 462 g/mol. The molecule has 4 rings (SSSR count). The smallest absolute Gasteiger partial charge is 0.265 e. The molecule has 0 spiro atoms. The van der Waals surface area contributed by atoms with Crippen molar-refractivity contribution in [3.05, 3.63) is 65.9 Å². The Morgan fingerprint density at radius 3 is 2.24 bits per heavy atom. The van der Waals surface area contributed by atoms with Crippen LogP contribution in [0.4, 0.5) is 5.69 Å². The molecular weight excluding hydrogens is 426 g/mol. The zero-order chi connectivity index (χ0) is 24.5. The maximum atomic E-state index is 13.2. The van der Waals surface area contributed by atoms with Gasteiger partial charge in [-0.05, 0) is 50.7 Å². The highest BCUT2D eigenvalue weighted by atomic mass is 16.2. The highest BCUT2D eigenvalue weighted by molar-refractivity contribution is 5.98. The predicted molar refractivity (Wildman–Crippen MR) is 137 cm³/mol. The van der Waals surface area contributed by atoms with Crippen LogP contribution >= 0.6 is 0 Å². The van der Waals surface area contributed by atoms with E-state index in [2.05, 4.69) is 43.3 Å². The number of amides is 2. The molecule has 34 heavy (non-hydrogen) atoms. The van der Waals surface area contributed by atoms with Crippen LogP contribution in [-0.2, 0) is 16.9 Å². The molecule has 0 saturated carbocycles. The number of hydrogen-bond donors (Lipinski definition) is 1. The van der Waals surface area contributed by atoms with E-state index in [0.717, 1.165) is 29.4 Å². The van der Waals surface area contributed by atoms with Crippen molar-refractivity contribution in [2.24, 2.45) is 5.73 Å². The van der Waals surface area contributed by atoms with Crippen molar-refractivity contribution in [3.8, 4) is 0 Å². The molecule has 1 saturated heterocycles. The summed E-state index contributed by atoms with van der Waals surface area (Å²) in [6.07, 6.45) is 2.11. The Morgan fingerprint density at radius 1 is 0.971 bits per heavy atom. The van der Waals surface area contributed by atoms with Crippen LogP contribution in [0.1, 0.15) is 35.3 Å². The van der Waals surface area contributed by atoms with Gasteiger partial charge in [-0.15, -0.1) is 0 Å². The van der Waals surface area contributed by atoms with E-state index in [1.807, 2.05) is 58.8 Å². The summed E-state index contributed by atoms with van der Waals surface area (Å²) in [6.45, 7) is 1.85. The highest BCUT2D eigenvalue weighted by Crippen LogP contribution is 2.37. The molecule has 7 nitrogen and oxygen atoms in total. The topological polar surface area (TPSA) is 74.8 Å². The monoisotopic (exact) mass is 461 g/mol. The fourth-order valence-corrected chi connectivity index (χ4v) is 5.20. The van der Waals surface area contributed by atoms with Crippen LogP contribution in [0.5, 0.6) is 0 Å². The molecule has 1 fully saturated rings. The van der Waals surface area contributed by atoms with Crippen LogP contribution in [0.2, 0.25) is 0 Å². The van der Waals surface area contributed by atoms with Crippen LogP contribution in [0.3, 0.4) is 0 Å². The maximum Gasteiger partial charge on any atom is 0.265 e. The number of aryl methyl sites for hydroxylation is 1. The Labute approximate surface area is 201 Å². The normalized spacial score (nSPS) is 15.6. The lowest BCUT2D eigenvalue weighted by atomic mass is 9.79. The van der Waals surface area contributed by atoms with Crippen LogP contribution in [-0.4, -0.2) is 67.5 Å². The van der Waals surface area contributed by atoms with Crippen LogP contribution < -0.4 is 10.6 Å². The molecular formula is C27H35N5O2. The number of piperidine rings is 1. The van der Waals surface area contributed by atoms with Gasteiger partial charge >= 0.3 is 0 Å². The number of likely N-dealkylation sites (tertiary alicyclic amines) is 1. The number of nitrogens with zero attached hydrogens (tertiary/aromatic N) is 4. The fraction of sp³-hybridized carbons (Fsp3) is 0.407. The molecule has 7 heteroatoms. The number of aromatic nitrogens is 1. The molecule has 180 valence electrons. The molecule has 1 aliphatic rings. The summed E-state index contributed by atoms with van der Waals surface area (Å²) in [4.78, 5) is 31.6. The van der Waals surface area contributed by atoms with E-state index in [-0.39, 0.29) is 11.4 Å². The van der Waals surface area contributed by atoms with Crippen molar-refractivity contribution in [2.45, 2.75) is 31.3 Å². The van der Waals surface area contributed by atoms with E-state index >= 15 is 0 Å². The minimum absolute atomic E-state index is 0.0591. The lowest BCUT2D eigenvalue weighted by molar-refractivity contribution is -0.134. The molecule has 0 atom stereocenters. The number of hydrogen-bond acceptors (Lipinski definition) is 4. The molecule has 2 aromatic carbocycles. The molecule has 1 aromatic heterocycles. The van der Waals surface area contributed by atoms with Crippen LogP contribution in [0, 0.1) is 0 Å². The van der Waals surface area contributed by atoms with Gasteiger partial charge in [0.15, 0.2) is 0 Å². The van der Waals surface area contributed by atoms with Gasteiger partial charge in [0.1, 0.15) is 5.69 Å². The van der Waals surface area contributed by atoms with E-state index < -0.39 is 5.91 Å². The number of carbonyl (C=O) groups excluding carboxylic acids is 2. The largest absolute Gasteiger partial charge is 0.378 e. The third kappa shape index (κ3) is 4.40. The van der Waals surface area contributed by atoms with Crippen molar-refractivity contribution < 1.29 is 9.59 Å². The number of fused-ring (bicyclic) bond motifs is 1. The standard InChI is InChI=1S/C27H35N5O2/c1-29(2)22-11-10-20-18-24(26(28)34)32(23(20)19-22)15-12-25(33)31-16-13-27(14-17-31,30(3)4)21-8-6-5-7-9-21/h5-11,18-19H,12-17H2,1-4H3,(H2,28,34). The summed E-state index contributed by atoms with van der Waals surface area (Å²) < 4.78 is 1.89. The Morgan fingerprint density at radius 2 is 1.65 bits per heavy atom. The van der Waals surface area contributed by atoms with Gasteiger partial charge in [-0.3, -0.25) is 14.5 Å². The Kier molecular flexibility index (Phi) is 6.66. The molecule has 2 amide bonds. The molecule has 0 bridgehead atoms. The van der Waals surface area contributed by atoms with Crippen molar-refractivity contribution in [2.75, 3.05) is 46.2 Å². The van der Waals surface area contributed by atoms with E-state index in [4.69, 9.17) is 5.73 Å². The van der Waals surface area contributed by atoms with Crippen molar-refractivity contribution >= 4 is 28.4 Å². The highest BCUT2D eigenvalue weighted by Gasteiger charge is 2.39. The molecule has 0 unspecified atom stereocenters. The molecule has 1 aliphatic heterocycles. The number of nitrogens with two attached hydrogens (primary N) is 1. The summed E-state index contributed by atoms with van der Waals surface area (Å²) in [5.41, 5.74) is 9.30. The van der Waals surface area contributed by atoms with Gasteiger partial charge in [-0.2, -0.15) is 0 Å². The van der Waals surface area contributed by atoms with Gasteiger partial charge in [0.25, 0.3) is 5.91 Å². The lowest BCUT2D eigenvalue weighted by Crippen LogP contribution is -2.51. The van der Waals surface area contributed by atoms with E-state index in [9.17, 15) is 9.59 Å². The predicted octanol–water partition coefficient (Wildman–Crippen LogP) is 3.28. The number of rotatable bonds is 7. The number of carbonyl (C=O) groups is 2. The summed E-state index contributed by atoms with van der Waals surface area (Å²) >= 11 is 0. The second-order valence-electron chi connectivity index (χ2n) is 9.61. The number of anilines is 1. The van der Waals surface area contributed by atoms with E-state index in [1.54, 1.807) is 0 Å². The molecule has 0 aliphatic carbocycles. The first kappa shape index (κ1) is 23.8. The first-order valence-electron chi connectivity index (χ1n) is 11.8. The summed E-state index contributed by atoms with van der Waals surface area (Å²) in [5.74, 6) is -0.367. The Hall–Kier alpha value is -3.32. The zero-order valence-electron chi connectivity index (χ0n) is 20.6. The first-order valence-corrected chi connectivity index (χ1v) is 11.8. The molecule has 2 heterocycles. The molecule has 2 N–H and O–H groups in total. The summed E-state index contributed by atoms with van der Waals surface area (Å²) in [7, 11) is 8.20. The minimum Gasteiger partial charge on any atom is -0.378 e. The second-order valence-corrected chi connectivity index (χ2v) is 9.61. The average Bonchev–Trinajstić information content (AvgIpc) is 3.21. The van der Waals surface area contributed by atoms with Crippen LogP contribution in [0.15, 0.2) is 54.6 Å². The van der Waals surface area contributed by atoms with Crippen LogP contribution in [0.25, 0.3) is 10.9 Å². The first-order chi connectivity index (χ1) is 16.2. The minimum atomic E-state index is -0.480. The third-order valence-electron chi connectivity index (χ3n) is 7.32. The summed E-state index contributed by atoms with van der Waals surface area (Å²) in [6, 6.07) is 18.4. The number of primary amides is 1. The van der Waals surface area contributed by atoms with E-state index in [0.29, 0.717) is 31.7 Å². The fourth-order valence-electron chi connectivity index (χ4n) is 5.20. The van der Waals surface area contributed by atoms with Gasteiger partial charge in [0.05, 0.1) is 5.52 Å². The SMILES string of the molecule is CN(C)c1ccc2cc(C(N)=O)n(CCC(=O)N3CCC(c4ccccc4)(N(C)C)CC3)c2c1. The van der Waals surface area contributed by atoms with Crippen molar-refractivity contribution in [3.63, 3.8) is 0 Å². The van der Waals surface area contributed by atoms with Gasteiger partial charge < -0.3 is 20.1 Å². The number of benzene rings is 2. The Balaban J connectivity index is 1.49. The summed E-state index contributed by atoms with van der Waals surface area (Å²) in [5, 5.41) is 0.948. The third-order valence-corrected chi connectivity index (χ3v) is 7.32. The van der Waals surface area contributed by atoms with Gasteiger partial charge in [-0.1, -0.05) is 36.4 Å². The maximum absolute atomic E-state index is 13.2.